The average molecular weight is 392 g/mol. The fraction of sp³-hybridized carbons (Fsp3) is 0.200. The van der Waals surface area contributed by atoms with Gasteiger partial charge in [0.2, 0.25) is 6.41 Å². The van der Waals surface area contributed by atoms with Crippen molar-refractivity contribution in [2.24, 2.45) is 0 Å². The molecule has 1 fully saturated rings. The molecule has 1 aromatic carbocycles. The van der Waals surface area contributed by atoms with Crippen LogP contribution in [0.25, 0.3) is 23.0 Å². The lowest BCUT2D eigenvalue weighted by Gasteiger charge is -2.10. The molecule has 1 aliphatic rings. The van der Waals surface area contributed by atoms with Gasteiger partial charge in [-0.15, -0.1) is 0 Å². The van der Waals surface area contributed by atoms with Crippen LogP contribution in [0, 0.1) is 0 Å². The van der Waals surface area contributed by atoms with Crippen molar-refractivity contribution in [1.82, 2.24) is 25.2 Å². The number of hydrogen-bond donors (Lipinski definition) is 4. The van der Waals surface area contributed by atoms with Crippen molar-refractivity contribution in [2.75, 3.05) is 5.32 Å². The summed E-state index contributed by atoms with van der Waals surface area (Å²) in [7, 11) is 0. The highest BCUT2D eigenvalue weighted by Crippen LogP contribution is 2.30. The lowest BCUT2D eigenvalue weighted by molar-refractivity contribution is -0.108. The van der Waals surface area contributed by atoms with Gasteiger partial charge in [-0.2, -0.15) is 9.61 Å². The lowest BCUT2D eigenvalue weighted by atomic mass is 10.1. The second kappa shape index (κ2) is 7.63. The smallest absolute Gasteiger partial charge is 0.325 e. The van der Waals surface area contributed by atoms with Crippen LogP contribution in [0.3, 0.4) is 0 Å². The number of imide groups is 1. The van der Waals surface area contributed by atoms with Crippen molar-refractivity contribution >= 4 is 30.0 Å². The van der Waals surface area contributed by atoms with Gasteiger partial charge in [0, 0.05) is 28.9 Å². The molecular weight excluding hydrogens is 372 g/mol. The van der Waals surface area contributed by atoms with Gasteiger partial charge in [-0.1, -0.05) is 12.1 Å². The SMILES string of the molecule is C/C(=C/c1cnn2c(NC3CC3)cc(-c3cccc(O)c3)nc12)NC(=O)NC=O. The van der Waals surface area contributed by atoms with E-state index < -0.39 is 6.03 Å². The zero-order chi connectivity index (χ0) is 20.4. The standard InChI is InChI=1S/C20H20N6O3/c1-12(23-20(29)21-11-27)7-14-10-22-26-18(24-15-5-6-15)9-17(25-19(14)26)13-3-2-4-16(28)8-13/h2-4,7-11,15,24,28H,5-6H2,1H3,(H2,21,23,27,29)/b12-7-. The van der Waals surface area contributed by atoms with Crippen LogP contribution in [0.15, 0.2) is 42.2 Å². The van der Waals surface area contributed by atoms with Crippen molar-refractivity contribution in [2.45, 2.75) is 25.8 Å². The maximum atomic E-state index is 11.5. The van der Waals surface area contributed by atoms with Gasteiger partial charge < -0.3 is 15.7 Å². The van der Waals surface area contributed by atoms with E-state index in [-0.39, 0.29) is 5.75 Å². The van der Waals surface area contributed by atoms with E-state index in [9.17, 15) is 14.7 Å². The van der Waals surface area contributed by atoms with Gasteiger partial charge >= 0.3 is 6.03 Å². The number of carbonyl (C=O) groups is 2. The van der Waals surface area contributed by atoms with Crippen LogP contribution in [-0.4, -0.2) is 38.2 Å². The van der Waals surface area contributed by atoms with Crippen molar-refractivity contribution < 1.29 is 14.7 Å². The molecule has 0 spiro atoms. The number of allylic oxidation sites excluding steroid dienone is 1. The average Bonchev–Trinajstić information content (AvgIpc) is 3.41. The summed E-state index contributed by atoms with van der Waals surface area (Å²) >= 11 is 0. The predicted molar refractivity (Wildman–Crippen MR) is 108 cm³/mol. The van der Waals surface area contributed by atoms with Gasteiger partial charge in [-0.25, -0.2) is 9.78 Å². The molecule has 0 bridgehead atoms. The Hall–Kier alpha value is -3.88. The summed E-state index contributed by atoms with van der Waals surface area (Å²) in [5, 5.41) is 22.3. The molecule has 2 heterocycles. The van der Waals surface area contributed by atoms with E-state index in [0.29, 0.717) is 35.1 Å². The van der Waals surface area contributed by atoms with Crippen LogP contribution in [0.4, 0.5) is 10.6 Å². The number of anilines is 1. The molecule has 0 aliphatic heterocycles. The zero-order valence-corrected chi connectivity index (χ0v) is 15.7. The zero-order valence-electron chi connectivity index (χ0n) is 15.7. The Balaban J connectivity index is 1.77. The molecule has 4 N–H and O–H groups in total. The molecule has 9 heteroatoms. The van der Waals surface area contributed by atoms with Crippen LogP contribution >= 0.6 is 0 Å². The maximum absolute atomic E-state index is 11.5. The third-order valence-electron chi connectivity index (χ3n) is 4.44. The van der Waals surface area contributed by atoms with E-state index in [0.717, 1.165) is 24.2 Å². The second-order valence-corrected chi connectivity index (χ2v) is 6.87. The number of hydrogen-bond acceptors (Lipinski definition) is 6. The molecular formula is C20H20N6O3. The summed E-state index contributed by atoms with van der Waals surface area (Å²) in [5.41, 5.74) is 3.31. The summed E-state index contributed by atoms with van der Waals surface area (Å²) in [4.78, 5) is 26.6. The van der Waals surface area contributed by atoms with Crippen LogP contribution < -0.4 is 16.0 Å². The van der Waals surface area contributed by atoms with E-state index in [4.69, 9.17) is 4.98 Å². The minimum absolute atomic E-state index is 0.163. The molecule has 4 rings (SSSR count). The molecule has 0 atom stereocenters. The number of aromatic hydroxyl groups is 1. The molecule has 1 saturated carbocycles. The topological polar surface area (TPSA) is 121 Å². The fourth-order valence-electron chi connectivity index (χ4n) is 2.97. The number of urea groups is 1. The van der Waals surface area contributed by atoms with E-state index in [1.807, 2.05) is 17.4 Å². The molecule has 29 heavy (non-hydrogen) atoms. The van der Waals surface area contributed by atoms with Crippen molar-refractivity contribution in [1.29, 1.82) is 0 Å². The number of phenols is 1. The lowest BCUT2D eigenvalue weighted by Crippen LogP contribution is -2.33. The highest BCUT2D eigenvalue weighted by Gasteiger charge is 2.23. The Morgan fingerprint density at radius 1 is 1.31 bits per heavy atom. The number of rotatable bonds is 6. The molecule has 148 valence electrons. The van der Waals surface area contributed by atoms with E-state index in [1.54, 1.807) is 41.9 Å². The Labute approximate surface area is 166 Å². The van der Waals surface area contributed by atoms with Crippen LogP contribution in [0.1, 0.15) is 25.3 Å². The van der Waals surface area contributed by atoms with E-state index in [2.05, 4.69) is 15.7 Å². The minimum atomic E-state index is -0.616. The first-order valence-corrected chi connectivity index (χ1v) is 9.17. The summed E-state index contributed by atoms with van der Waals surface area (Å²) in [6.45, 7) is 1.70. The van der Waals surface area contributed by atoms with Crippen LogP contribution in [0.5, 0.6) is 5.75 Å². The molecule has 0 radical (unpaired) electrons. The maximum Gasteiger partial charge on any atom is 0.325 e. The summed E-state index contributed by atoms with van der Waals surface area (Å²) in [5.74, 6) is 0.968. The number of fused-ring (bicyclic) bond motifs is 1. The highest BCUT2D eigenvalue weighted by atomic mass is 16.3. The van der Waals surface area contributed by atoms with Gasteiger partial charge in [0.1, 0.15) is 11.6 Å². The Bertz CT molecular complexity index is 1120. The number of nitrogens with one attached hydrogen (secondary N) is 3. The summed E-state index contributed by atoms with van der Waals surface area (Å²) in [6.07, 6.45) is 5.92. The predicted octanol–water partition coefficient (Wildman–Crippen LogP) is 2.49. The fourth-order valence-corrected chi connectivity index (χ4v) is 2.97. The van der Waals surface area contributed by atoms with Crippen molar-refractivity contribution in [3.05, 3.63) is 47.8 Å². The first kappa shape index (κ1) is 18.5. The third-order valence-corrected chi connectivity index (χ3v) is 4.44. The second-order valence-electron chi connectivity index (χ2n) is 6.87. The normalized spacial score (nSPS) is 13.9. The van der Waals surface area contributed by atoms with E-state index >= 15 is 0 Å². The molecule has 1 aliphatic carbocycles. The van der Waals surface area contributed by atoms with Gasteiger partial charge in [-0.3, -0.25) is 10.1 Å². The first-order valence-electron chi connectivity index (χ1n) is 9.17. The number of carbonyl (C=O) groups excluding carboxylic acids is 2. The number of aromatic nitrogens is 3. The molecule has 2 aromatic heterocycles. The minimum Gasteiger partial charge on any atom is -0.508 e. The monoisotopic (exact) mass is 392 g/mol. The van der Waals surface area contributed by atoms with Gasteiger partial charge in [0.15, 0.2) is 5.65 Å². The molecule has 0 saturated heterocycles. The number of benzene rings is 1. The summed E-state index contributed by atoms with van der Waals surface area (Å²) in [6, 6.07) is 8.61. The molecule has 0 unspecified atom stereocenters. The molecule has 3 amide bonds. The Kier molecular flexibility index (Phi) is 4.86. The first-order chi connectivity index (χ1) is 14.0. The van der Waals surface area contributed by atoms with Crippen LogP contribution in [-0.2, 0) is 4.79 Å². The quantitative estimate of drug-likeness (QED) is 0.478. The Morgan fingerprint density at radius 3 is 2.86 bits per heavy atom. The molecule has 9 nitrogen and oxygen atoms in total. The van der Waals surface area contributed by atoms with Gasteiger partial charge in [0.05, 0.1) is 11.9 Å². The highest BCUT2D eigenvalue weighted by molar-refractivity contribution is 5.86. The number of nitrogens with zero attached hydrogens (tertiary/aromatic N) is 3. The third kappa shape index (κ3) is 4.18. The largest absolute Gasteiger partial charge is 0.508 e. The number of amides is 3. The van der Waals surface area contributed by atoms with E-state index in [1.165, 1.54) is 0 Å². The summed E-state index contributed by atoms with van der Waals surface area (Å²) < 4.78 is 1.72. The number of phenolic OH excluding ortho intramolecular Hbond substituents is 1. The Morgan fingerprint density at radius 2 is 2.14 bits per heavy atom. The van der Waals surface area contributed by atoms with Gasteiger partial charge in [0.25, 0.3) is 0 Å². The van der Waals surface area contributed by atoms with Crippen molar-refractivity contribution in [3.63, 3.8) is 0 Å². The van der Waals surface area contributed by atoms with Crippen molar-refractivity contribution in [3.8, 4) is 17.0 Å². The molecule has 3 aromatic rings. The van der Waals surface area contributed by atoms with Crippen LogP contribution in [0.2, 0.25) is 0 Å². The van der Waals surface area contributed by atoms with Gasteiger partial charge in [-0.05, 0) is 38.0 Å².